The van der Waals surface area contributed by atoms with E-state index in [-0.39, 0.29) is 17.1 Å². The van der Waals surface area contributed by atoms with Gasteiger partial charge in [-0.3, -0.25) is 9.36 Å². The lowest BCUT2D eigenvalue weighted by atomic mass is 9.96. The third-order valence-corrected chi connectivity index (χ3v) is 2.06. The van der Waals surface area contributed by atoms with Crippen molar-refractivity contribution in [1.82, 2.24) is 14.9 Å². The Bertz CT molecular complexity index is 429. The molecular weight excluding hydrogens is 208 g/mol. The highest BCUT2D eigenvalue weighted by Crippen LogP contribution is 2.21. The number of primary amides is 1. The summed E-state index contributed by atoms with van der Waals surface area (Å²) in [5, 5.41) is 2.48. The number of aromatic nitrogens is 2. The van der Waals surface area contributed by atoms with Gasteiger partial charge in [-0.15, -0.1) is 0 Å². The third-order valence-electron chi connectivity index (χ3n) is 2.06. The predicted molar refractivity (Wildman–Crippen MR) is 59.3 cm³/mol. The first-order valence-corrected chi connectivity index (χ1v) is 4.89. The monoisotopic (exact) mass is 224 g/mol. The molecule has 0 saturated heterocycles. The molecule has 0 spiro atoms. The second kappa shape index (κ2) is 3.96. The van der Waals surface area contributed by atoms with Crippen molar-refractivity contribution < 1.29 is 9.59 Å². The topological polar surface area (TPSA) is 90.0 Å². The molecule has 0 saturated carbocycles. The zero-order valence-electron chi connectivity index (χ0n) is 9.87. The molecule has 6 nitrogen and oxygen atoms in total. The van der Waals surface area contributed by atoms with E-state index >= 15 is 0 Å². The van der Waals surface area contributed by atoms with Crippen LogP contribution >= 0.6 is 0 Å². The van der Waals surface area contributed by atoms with Crippen molar-refractivity contribution in [3.63, 3.8) is 0 Å². The fourth-order valence-electron chi connectivity index (χ4n) is 1.30. The van der Waals surface area contributed by atoms with Crippen molar-refractivity contribution in [1.29, 1.82) is 0 Å². The Hall–Kier alpha value is -1.85. The SMILES string of the molecule is CNC(=O)n1cc(C(N)=O)nc1C(C)(C)C. The lowest BCUT2D eigenvalue weighted by Gasteiger charge is -2.18. The Labute approximate surface area is 93.8 Å². The molecule has 0 aliphatic heterocycles. The second-order valence-electron chi connectivity index (χ2n) is 4.49. The van der Waals surface area contributed by atoms with Gasteiger partial charge < -0.3 is 11.1 Å². The summed E-state index contributed by atoms with van der Waals surface area (Å²) in [6.45, 7) is 5.71. The van der Waals surface area contributed by atoms with Gasteiger partial charge in [-0.1, -0.05) is 20.8 Å². The van der Waals surface area contributed by atoms with Crippen LogP contribution in [0.5, 0.6) is 0 Å². The van der Waals surface area contributed by atoms with E-state index in [1.165, 1.54) is 17.8 Å². The zero-order valence-corrected chi connectivity index (χ0v) is 9.87. The molecule has 3 N–H and O–H groups in total. The largest absolute Gasteiger partial charge is 0.364 e. The highest BCUT2D eigenvalue weighted by atomic mass is 16.2. The van der Waals surface area contributed by atoms with Crippen molar-refractivity contribution in [2.24, 2.45) is 5.73 Å². The van der Waals surface area contributed by atoms with E-state index in [4.69, 9.17) is 5.73 Å². The molecule has 16 heavy (non-hydrogen) atoms. The van der Waals surface area contributed by atoms with E-state index in [0.717, 1.165) is 0 Å². The van der Waals surface area contributed by atoms with Gasteiger partial charge in [-0.2, -0.15) is 0 Å². The summed E-state index contributed by atoms with van der Waals surface area (Å²) < 4.78 is 1.31. The van der Waals surface area contributed by atoms with Crippen LogP contribution in [0.2, 0.25) is 0 Å². The zero-order chi connectivity index (χ0) is 12.5. The van der Waals surface area contributed by atoms with E-state index in [9.17, 15) is 9.59 Å². The number of amides is 2. The molecule has 0 unspecified atom stereocenters. The van der Waals surface area contributed by atoms with E-state index in [0.29, 0.717) is 5.82 Å². The Morgan fingerprint density at radius 2 is 2.00 bits per heavy atom. The fourth-order valence-corrected chi connectivity index (χ4v) is 1.30. The Balaban J connectivity index is 3.34. The Morgan fingerprint density at radius 1 is 1.44 bits per heavy atom. The summed E-state index contributed by atoms with van der Waals surface area (Å²) in [5.74, 6) is -0.145. The minimum Gasteiger partial charge on any atom is -0.364 e. The molecule has 1 heterocycles. The number of nitrogens with one attached hydrogen (secondary N) is 1. The maximum atomic E-state index is 11.6. The number of hydrogen-bond donors (Lipinski definition) is 2. The quantitative estimate of drug-likeness (QED) is 0.726. The van der Waals surface area contributed by atoms with E-state index in [1.807, 2.05) is 20.8 Å². The average molecular weight is 224 g/mol. The molecule has 88 valence electrons. The van der Waals surface area contributed by atoms with Crippen LogP contribution in [0.4, 0.5) is 4.79 Å². The van der Waals surface area contributed by atoms with Gasteiger partial charge in [-0.05, 0) is 0 Å². The van der Waals surface area contributed by atoms with Gasteiger partial charge >= 0.3 is 6.03 Å². The third kappa shape index (κ3) is 2.21. The summed E-state index contributed by atoms with van der Waals surface area (Å²) in [7, 11) is 1.51. The van der Waals surface area contributed by atoms with Crippen LogP contribution in [-0.4, -0.2) is 28.5 Å². The van der Waals surface area contributed by atoms with Crippen molar-refractivity contribution in [3.8, 4) is 0 Å². The molecular formula is C10H16N4O2. The molecule has 2 amide bonds. The van der Waals surface area contributed by atoms with E-state index < -0.39 is 5.91 Å². The molecule has 0 aliphatic carbocycles. The van der Waals surface area contributed by atoms with Crippen LogP contribution in [0, 0.1) is 0 Å². The minimum atomic E-state index is -0.645. The first kappa shape index (κ1) is 12.2. The number of carbonyl (C=O) groups excluding carboxylic acids is 2. The minimum absolute atomic E-state index is 0.0912. The standard InChI is InChI=1S/C10H16N4O2/c1-10(2,3)8-13-6(7(11)15)5-14(8)9(16)12-4/h5H,1-4H3,(H2,11,15)(H,12,16). The summed E-state index contributed by atoms with van der Waals surface area (Å²) >= 11 is 0. The van der Waals surface area contributed by atoms with Gasteiger partial charge in [0, 0.05) is 18.7 Å². The number of nitrogens with two attached hydrogens (primary N) is 1. The number of hydrogen-bond acceptors (Lipinski definition) is 3. The molecule has 0 radical (unpaired) electrons. The maximum Gasteiger partial charge on any atom is 0.326 e. The van der Waals surface area contributed by atoms with E-state index in [1.54, 1.807) is 0 Å². The molecule has 0 aromatic carbocycles. The van der Waals surface area contributed by atoms with Gasteiger partial charge in [0.1, 0.15) is 11.5 Å². The van der Waals surface area contributed by atoms with Crippen LogP contribution in [0.3, 0.4) is 0 Å². The normalized spacial score (nSPS) is 11.2. The van der Waals surface area contributed by atoms with Gasteiger partial charge in [0.15, 0.2) is 0 Å². The van der Waals surface area contributed by atoms with Crippen LogP contribution in [0.15, 0.2) is 6.20 Å². The highest BCUT2D eigenvalue weighted by molar-refractivity contribution is 5.91. The molecule has 0 aliphatic rings. The van der Waals surface area contributed by atoms with Gasteiger partial charge in [0.2, 0.25) is 0 Å². The number of rotatable bonds is 1. The first-order valence-electron chi connectivity index (χ1n) is 4.89. The summed E-state index contributed by atoms with van der Waals surface area (Å²) in [4.78, 5) is 26.7. The van der Waals surface area contributed by atoms with Crippen LogP contribution < -0.4 is 11.1 Å². The number of nitrogens with zero attached hydrogens (tertiary/aromatic N) is 2. The van der Waals surface area contributed by atoms with Crippen LogP contribution in [0.1, 0.15) is 37.1 Å². The molecule has 0 fully saturated rings. The highest BCUT2D eigenvalue weighted by Gasteiger charge is 2.25. The molecule has 1 aromatic rings. The van der Waals surface area contributed by atoms with Crippen LogP contribution in [-0.2, 0) is 5.41 Å². The van der Waals surface area contributed by atoms with Gasteiger partial charge in [-0.25, -0.2) is 9.78 Å². The average Bonchev–Trinajstić information content (AvgIpc) is 2.60. The molecule has 1 aromatic heterocycles. The molecule has 6 heteroatoms. The van der Waals surface area contributed by atoms with Gasteiger partial charge in [0.05, 0.1) is 0 Å². The van der Waals surface area contributed by atoms with Gasteiger partial charge in [0.25, 0.3) is 5.91 Å². The Kier molecular flexibility index (Phi) is 3.02. The number of imidazole rings is 1. The Morgan fingerprint density at radius 3 is 2.38 bits per heavy atom. The van der Waals surface area contributed by atoms with Crippen molar-refractivity contribution in [3.05, 3.63) is 17.7 Å². The summed E-state index contributed by atoms with van der Waals surface area (Å²) in [6.07, 6.45) is 1.35. The molecule has 0 atom stereocenters. The fraction of sp³-hybridized carbons (Fsp3) is 0.500. The maximum absolute atomic E-state index is 11.6. The van der Waals surface area contributed by atoms with Crippen molar-refractivity contribution in [2.75, 3.05) is 7.05 Å². The molecule has 1 rings (SSSR count). The first-order chi connectivity index (χ1) is 7.27. The summed E-state index contributed by atoms with van der Waals surface area (Å²) in [6, 6.07) is -0.343. The predicted octanol–water partition coefficient (Wildman–Crippen LogP) is 0.467. The lowest BCUT2D eigenvalue weighted by molar-refractivity contribution is 0.0996. The van der Waals surface area contributed by atoms with Crippen molar-refractivity contribution in [2.45, 2.75) is 26.2 Å². The second-order valence-corrected chi connectivity index (χ2v) is 4.49. The van der Waals surface area contributed by atoms with E-state index in [2.05, 4.69) is 10.3 Å². The lowest BCUT2D eigenvalue weighted by Crippen LogP contribution is -2.29. The summed E-state index contributed by atoms with van der Waals surface area (Å²) in [5.41, 5.74) is 4.88. The van der Waals surface area contributed by atoms with Crippen LogP contribution in [0.25, 0.3) is 0 Å². The number of carbonyl (C=O) groups is 2. The molecule has 0 bridgehead atoms. The smallest absolute Gasteiger partial charge is 0.326 e. The van der Waals surface area contributed by atoms with Crippen molar-refractivity contribution >= 4 is 11.9 Å².